The van der Waals surface area contributed by atoms with Crippen molar-refractivity contribution in [1.82, 2.24) is 0 Å². The molecule has 1 nitrogen and oxygen atoms in total. The lowest BCUT2D eigenvalue weighted by atomic mass is 10.1. The molecule has 0 N–H and O–H groups in total. The molecule has 0 unspecified atom stereocenters. The number of halogens is 1. The van der Waals surface area contributed by atoms with Gasteiger partial charge in [0, 0.05) is 10.0 Å². The highest BCUT2D eigenvalue weighted by Gasteiger charge is 2.04. The highest BCUT2D eigenvalue weighted by Crippen LogP contribution is 2.15. The summed E-state index contributed by atoms with van der Waals surface area (Å²) >= 11 is 3.22. The maximum atomic E-state index is 11.0. The number of ketones is 1. The molecule has 1 aromatic carbocycles. The molecule has 0 aliphatic heterocycles. The molecule has 2 heteroatoms. The normalized spacial score (nSPS) is 7.85. The fourth-order valence-corrected chi connectivity index (χ4v) is 1.19. The van der Waals surface area contributed by atoms with Gasteiger partial charge < -0.3 is 0 Å². The van der Waals surface area contributed by atoms with E-state index in [1.165, 1.54) is 0 Å². The summed E-state index contributed by atoms with van der Waals surface area (Å²) in [4.78, 5) is 11.0. The number of hydrogen-bond acceptors (Lipinski definition) is 1. The van der Waals surface area contributed by atoms with Crippen LogP contribution in [0.3, 0.4) is 0 Å². The average molecular weight is 239 g/mol. The van der Waals surface area contributed by atoms with Gasteiger partial charge in [-0.3, -0.25) is 4.79 Å². The minimum Gasteiger partial charge on any atom is -0.279 e. The van der Waals surface area contributed by atoms with Gasteiger partial charge in [-0.1, -0.05) is 41.9 Å². The number of rotatable bonds is 1. The van der Waals surface area contributed by atoms with Gasteiger partial charge in [-0.05, 0) is 18.1 Å². The second-order valence-corrected chi connectivity index (χ2v) is 2.81. The van der Waals surface area contributed by atoms with E-state index in [0.29, 0.717) is 5.56 Å². The van der Waals surface area contributed by atoms with Crippen molar-refractivity contribution in [3.63, 3.8) is 0 Å². The van der Waals surface area contributed by atoms with Gasteiger partial charge in [0.1, 0.15) is 0 Å². The molecule has 0 fully saturated rings. The topological polar surface area (TPSA) is 17.1 Å². The standard InChI is InChI=1S/C9H5BrO.C2H6/c1-2-9(11)7-5-3-4-6-8(7)10;1-2/h1,3-6H;1-2H3. The molecule has 1 rings (SSSR count). The second kappa shape index (κ2) is 6.45. The minimum atomic E-state index is -0.294. The molecule has 0 aliphatic rings. The van der Waals surface area contributed by atoms with Crippen molar-refractivity contribution in [2.75, 3.05) is 0 Å². The molecule has 0 radical (unpaired) electrons. The quantitative estimate of drug-likeness (QED) is 0.417. The fourth-order valence-electron chi connectivity index (χ4n) is 0.723. The summed E-state index contributed by atoms with van der Waals surface area (Å²) in [6.07, 6.45) is 4.95. The molecule has 0 saturated carbocycles. The molecular formula is C11H11BrO. The maximum Gasteiger partial charge on any atom is 0.236 e. The van der Waals surface area contributed by atoms with Crippen molar-refractivity contribution in [1.29, 1.82) is 0 Å². The maximum absolute atomic E-state index is 11.0. The van der Waals surface area contributed by atoms with Crippen LogP contribution in [0.1, 0.15) is 24.2 Å². The number of Topliss-reactive ketones (excluding diaryl/α,β-unsaturated/α-hetero) is 1. The van der Waals surface area contributed by atoms with E-state index < -0.39 is 0 Å². The van der Waals surface area contributed by atoms with Gasteiger partial charge >= 0.3 is 0 Å². The molecule has 0 aliphatic carbocycles. The van der Waals surface area contributed by atoms with Crippen LogP contribution in [-0.2, 0) is 0 Å². The molecule has 68 valence electrons. The minimum absolute atomic E-state index is 0.294. The molecule has 13 heavy (non-hydrogen) atoms. The number of carbonyl (C=O) groups is 1. The summed E-state index contributed by atoms with van der Waals surface area (Å²) in [5.41, 5.74) is 0.537. The molecule has 0 atom stereocenters. The molecule has 1 aromatic rings. The van der Waals surface area contributed by atoms with E-state index in [2.05, 4.69) is 21.9 Å². The predicted molar refractivity (Wildman–Crippen MR) is 58.7 cm³/mol. The summed E-state index contributed by atoms with van der Waals surface area (Å²) < 4.78 is 0.739. The zero-order valence-electron chi connectivity index (χ0n) is 7.67. The van der Waals surface area contributed by atoms with Crippen molar-refractivity contribution >= 4 is 21.7 Å². The summed E-state index contributed by atoms with van der Waals surface area (Å²) in [5, 5.41) is 0. The van der Waals surface area contributed by atoms with Crippen molar-refractivity contribution in [2.24, 2.45) is 0 Å². The number of benzene rings is 1. The number of carbonyl (C=O) groups excluding carboxylic acids is 1. The molecule has 0 heterocycles. The van der Waals surface area contributed by atoms with Crippen LogP contribution >= 0.6 is 15.9 Å². The Morgan fingerprint density at radius 2 is 1.92 bits per heavy atom. The molecular weight excluding hydrogens is 228 g/mol. The van der Waals surface area contributed by atoms with E-state index in [1.54, 1.807) is 18.2 Å². The summed E-state index contributed by atoms with van der Waals surface area (Å²) in [6.45, 7) is 4.00. The smallest absolute Gasteiger partial charge is 0.236 e. The lowest BCUT2D eigenvalue weighted by molar-refractivity contribution is 0.105. The van der Waals surface area contributed by atoms with Crippen LogP contribution in [0, 0.1) is 12.3 Å². The Bertz CT molecular complexity index is 323. The van der Waals surface area contributed by atoms with Crippen molar-refractivity contribution in [3.8, 4) is 12.3 Å². The van der Waals surface area contributed by atoms with Crippen LogP contribution in [0.25, 0.3) is 0 Å². The van der Waals surface area contributed by atoms with Gasteiger partial charge in [0.25, 0.3) is 0 Å². The Morgan fingerprint density at radius 3 is 2.38 bits per heavy atom. The van der Waals surface area contributed by atoms with Crippen molar-refractivity contribution in [2.45, 2.75) is 13.8 Å². The third-order valence-corrected chi connectivity index (χ3v) is 1.94. The zero-order chi connectivity index (χ0) is 10.3. The third kappa shape index (κ3) is 3.43. The largest absolute Gasteiger partial charge is 0.279 e. The molecule has 0 saturated heterocycles. The summed E-state index contributed by atoms with van der Waals surface area (Å²) in [6, 6.07) is 7.07. The molecule has 0 bridgehead atoms. The Labute approximate surface area is 87.3 Å². The van der Waals surface area contributed by atoms with E-state index in [-0.39, 0.29) is 5.78 Å². The van der Waals surface area contributed by atoms with Crippen LogP contribution in [0.15, 0.2) is 28.7 Å². The molecule has 0 amide bonds. The second-order valence-electron chi connectivity index (χ2n) is 1.95. The van der Waals surface area contributed by atoms with E-state index in [9.17, 15) is 4.79 Å². The van der Waals surface area contributed by atoms with Crippen molar-refractivity contribution < 1.29 is 4.79 Å². The lowest BCUT2D eigenvalue weighted by Gasteiger charge is -1.95. The fraction of sp³-hybridized carbons (Fsp3) is 0.182. The number of hydrogen-bond donors (Lipinski definition) is 0. The van der Waals surface area contributed by atoms with E-state index in [1.807, 2.05) is 19.9 Å². The third-order valence-electron chi connectivity index (χ3n) is 1.25. The lowest BCUT2D eigenvalue weighted by Crippen LogP contribution is -1.94. The van der Waals surface area contributed by atoms with Gasteiger partial charge in [-0.2, -0.15) is 0 Å². The van der Waals surface area contributed by atoms with Crippen molar-refractivity contribution in [3.05, 3.63) is 34.3 Å². The Morgan fingerprint density at radius 1 is 1.38 bits per heavy atom. The predicted octanol–water partition coefficient (Wildman–Crippen LogP) is 3.29. The van der Waals surface area contributed by atoms with Gasteiger partial charge in [0.15, 0.2) is 0 Å². The van der Waals surface area contributed by atoms with E-state index >= 15 is 0 Å². The van der Waals surface area contributed by atoms with Crippen LogP contribution in [0.4, 0.5) is 0 Å². The Balaban J connectivity index is 0.000000671. The molecule has 0 spiro atoms. The van der Waals surface area contributed by atoms with Crippen LogP contribution in [0.5, 0.6) is 0 Å². The first-order valence-corrected chi connectivity index (χ1v) is 4.80. The number of terminal acetylenes is 1. The van der Waals surface area contributed by atoms with E-state index in [0.717, 1.165) is 4.47 Å². The first kappa shape index (κ1) is 11.9. The first-order valence-electron chi connectivity index (χ1n) is 4.01. The van der Waals surface area contributed by atoms with Crippen LogP contribution < -0.4 is 0 Å². The Hall–Kier alpha value is -1.07. The SMILES string of the molecule is C#CC(=O)c1ccccc1Br.CC. The van der Waals surface area contributed by atoms with E-state index in [4.69, 9.17) is 6.42 Å². The highest BCUT2D eigenvalue weighted by atomic mass is 79.9. The van der Waals surface area contributed by atoms with Gasteiger partial charge in [-0.15, -0.1) is 6.42 Å². The van der Waals surface area contributed by atoms with Gasteiger partial charge in [0.2, 0.25) is 5.78 Å². The average Bonchev–Trinajstić information content (AvgIpc) is 2.20. The zero-order valence-corrected chi connectivity index (χ0v) is 9.26. The Kier molecular flexibility index (Phi) is 5.92. The van der Waals surface area contributed by atoms with Crippen LogP contribution in [-0.4, -0.2) is 5.78 Å². The van der Waals surface area contributed by atoms with Crippen LogP contribution in [0.2, 0.25) is 0 Å². The highest BCUT2D eigenvalue weighted by molar-refractivity contribution is 9.10. The van der Waals surface area contributed by atoms with Gasteiger partial charge in [0.05, 0.1) is 0 Å². The monoisotopic (exact) mass is 238 g/mol. The summed E-state index contributed by atoms with van der Waals surface area (Å²) in [7, 11) is 0. The molecule has 0 aromatic heterocycles. The first-order chi connectivity index (χ1) is 6.25. The summed E-state index contributed by atoms with van der Waals surface area (Å²) in [5.74, 6) is 1.76. The van der Waals surface area contributed by atoms with Gasteiger partial charge in [-0.25, -0.2) is 0 Å².